The Kier molecular flexibility index (Phi) is 2.91. The molecule has 14 heavy (non-hydrogen) atoms. The molecule has 4 nitrogen and oxygen atoms in total. The maximum absolute atomic E-state index is 10.9. The molecule has 0 saturated carbocycles. The third-order valence-electron chi connectivity index (χ3n) is 3.22. The molecule has 2 atom stereocenters. The minimum atomic E-state index is -0.247. The summed E-state index contributed by atoms with van der Waals surface area (Å²) in [5.74, 6) is 0.530. The van der Waals surface area contributed by atoms with Crippen molar-refractivity contribution < 1.29 is 9.53 Å². The van der Waals surface area contributed by atoms with Gasteiger partial charge in [0.25, 0.3) is 0 Å². The van der Waals surface area contributed by atoms with Crippen LogP contribution in [0.2, 0.25) is 0 Å². The van der Waals surface area contributed by atoms with Crippen LogP contribution in [0, 0.1) is 5.92 Å². The summed E-state index contributed by atoms with van der Waals surface area (Å²) in [7, 11) is 0. The third kappa shape index (κ3) is 2.00. The number of ether oxygens (including phenoxy) is 1. The van der Waals surface area contributed by atoms with Crippen molar-refractivity contribution in [3.63, 3.8) is 0 Å². The molecule has 0 aromatic carbocycles. The molecule has 2 aliphatic heterocycles. The van der Waals surface area contributed by atoms with Crippen LogP contribution in [0.1, 0.15) is 19.8 Å². The fraction of sp³-hybridized carbons (Fsp3) is 0.900. The van der Waals surface area contributed by atoms with Gasteiger partial charge in [-0.1, -0.05) is 6.92 Å². The van der Waals surface area contributed by atoms with E-state index in [1.807, 2.05) is 0 Å². The van der Waals surface area contributed by atoms with Crippen LogP contribution < -0.4 is 5.32 Å². The molecule has 80 valence electrons. The number of hydrogen-bond donors (Lipinski definition) is 1. The van der Waals surface area contributed by atoms with Crippen molar-refractivity contribution in [2.75, 3.05) is 26.2 Å². The van der Waals surface area contributed by atoms with Gasteiger partial charge >= 0.3 is 6.09 Å². The molecule has 2 heterocycles. The van der Waals surface area contributed by atoms with Crippen molar-refractivity contribution >= 4 is 6.09 Å². The summed E-state index contributed by atoms with van der Waals surface area (Å²) < 4.78 is 5.22. The normalized spacial score (nSPS) is 33.9. The first-order valence-corrected chi connectivity index (χ1v) is 5.46. The number of likely N-dealkylation sites (tertiary alicyclic amines) is 1. The largest absolute Gasteiger partial charge is 0.444 e. The highest BCUT2D eigenvalue weighted by atomic mass is 16.6. The monoisotopic (exact) mass is 198 g/mol. The molecular weight excluding hydrogens is 180 g/mol. The second-order valence-corrected chi connectivity index (χ2v) is 4.12. The fourth-order valence-corrected chi connectivity index (χ4v) is 2.35. The van der Waals surface area contributed by atoms with Gasteiger partial charge in [-0.2, -0.15) is 0 Å². The molecule has 0 aromatic heterocycles. The van der Waals surface area contributed by atoms with Crippen molar-refractivity contribution in [1.29, 1.82) is 0 Å². The lowest BCUT2D eigenvalue weighted by molar-refractivity contribution is 0.0621. The Labute approximate surface area is 84.6 Å². The number of nitrogens with zero attached hydrogens (tertiary/aromatic N) is 1. The van der Waals surface area contributed by atoms with Crippen LogP contribution in [0.25, 0.3) is 0 Å². The summed E-state index contributed by atoms with van der Waals surface area (Å²) in [6.07, 6.45) is 2.28. The lowest BCUT2D eigenvalue weighted by Gasteiger charge is -2.33. The molecule has 1 N–H and O–H groups in total. The summed E-state index contributed by atoms with van der Waals surface area (Å²) in [5.41, 5.74) is 0. The second kappa shape index (κ2) is 4.17. The number of carbonyl (C=O) groups is 1. The molecule has 2 fully saturated rings. The molecule has 0 aliphatic carbocycles. The van der Waals surface area contributed by atoms with E-state index in [9.17, 15) is 4.79 Å². The van der Waals surface area contributed by atoms with Gasteiger partial charge in [0.05, 0.1) is 6.54 Å². The first-order valence-electron chi connectivity index (χ1n) is 5.46. The van der Waals surface area contributed by atoms with Crippen LogP contribution in [0.3, 0.4) is 0 Å². The molecule has 0 spiro atoms. The molecule has 0 radical (unpaired) electrons. The van der Waals surface area contributed by atoms with Gasteiger partial charge in [0.15, 0.2) is 0 Å². The summed E-state index contributed by atoms with van der Waals surface area (Å²) in [6.45, 7) is 6.25. The highest BCUT2D eigenvalue weighted by molar-refractivity contribution is 5.69. The zero-order valence-corrected chi connectivity index (χ0v) is 8.66. The lowest BCUT2D eigenvalue weighted by atomic mass is 9.92. The van der Waals surface area contributed by atoms with E-state index in [4.69, 9.17) is 4.74 Å². The van der Waals surface area contributed by atoms with Gasteiger partial charge in [-0.25, -0.2) is 4.79 Å². The predicted octanol–water partition coefficient (Wildman–Crippen LogP) is 0.827. The Hall–Kier alpha value is -0.770. The summed E-state index contributed by atoms with van der Waals surface area (Å²) in [6, 6.07) is 0. The topological polar surface area (TPSA) is 41.6 Å². The van der Waals surface area contributed by atoms with Gasteiger partial charge in [0, 0.05) is 12.5 Å². The van der Waals surface area contributed by atoms with E-state index in [-0.39, 0.29) is 12.2 Å². The Morgan fingerprint density at radius 2 is 2.50 bits per heavy atom. The molecule has 2 unspecified atom stereocenters. The molecule has 2 aliphatic rings. The Bertz CT molecular complexity index is 220. The van der Waals surface area contributed by atoms with E-state index in [2.05, 4.69) is 17.1 Å². The zero-order chi connectivity index (χ0) is 9.97. The van der Waals surface area contributed by atoms with Crippen LogP contribution in [0.5, 0.6) is 0 Å². The number of carbonyl (C=O) groups excluding carboxylic acids is 1. The number of hydrogen-bond acceptors (Lipinski definition) is 3. The number of piperidine rings is 1. The van der Waals surface area contributed by atoms with Gasteiger partial charge in [0.2, 0.25) is 0 Å². The number of amides is 1. The minimum absolute atomic E-state index is 0.108. The van der Waals surface area contributed by atoms with Crippen molar-refractivity contribution in [1.82, 2.24) is 10.2 Å². The van der Waals surface area contributed by atoms with Crippen LogP contribution in [-0.2, 0) is 4.74 Å². The van der Waals surface area contributed by atoms with Crippen LogP contribution in [0.4, 0.5) is 4.79 Å². The fourth-order valence-electron chi connectivity index (χ4n) is 2.35. The predicted molar refractivity (Wildman–Crippen MR) is 53.1 cm³/mol. The Balaban J connectivity index is 1.87. The van der Waals surface area contributed by atoms with E-state index in [1.165, 1.54) is 19.4 Å². The lowest BCUT2D eigenvalue weighted by Crippen LogP contribution is -2.41. The van der Waals surface area contributed by atoms with Crippen molar-refractivity contribution in [3.05, 3.63) is 0 Å². The smallest absolute Gasteiger partial charge is 0.407 e. The first kappa shape index (κ1) is 9.77. The molecular formula is C10H18N2O2. The van der Waals surface area contributed by atoms with Gasteiger partial charge in [-0.05, 0) is 25.9 Å². The average Bonchev–Trinajstić information content (AvgIpc) is 2.65. The quantitative estimate of drug-likeness (QED) is 0.714. The standard InChI is InChI=1S/C10H18N2O2/c1-2-12-5-3-4-8(7-12)9-6-11-10(13)14-9/h8-9H,2-7H2,1H3,(H,11,13). The maximum atomic E-state index is 10.9. The molecule has 1 amide bonds. The maximum Gasteiger partial charge on any atom is 0.407 e. The summed E-state index contributed by atoms with van der Waals surface area (Å²) >= 11 is 0. The van der Waals surface area contributed by atoms with Crippen LogP contribution >= 0.6 is 0 Å². The SMILES string of the molecule is CCN1CCCC(C2CNC(=O)O2)C1. The van der Waals surface area contributed by atoms with E-state index in [0.29, 0.717) is 12.5 Å². The summed E-state index contributed by atoms with van der Waals surface area (Å²) in [5, 5.41) is 2.72. The number of cyclic esters (lactones) is 1. The van der Waals surface area contributed by atoms with Gasteiger partial charge in [-0.3, -0.25) is 0 Å². The van der Waals surface area contributed by atoms with Gasteiger partial charge in [0.1, 0.15) is 6.10 Å². The highest BCUT2D eigenvalue weighted by Gasteiger charge is 2.33. The number of nitrogens with one attached hydrogen (secondary N) is 1. The molecule has 2 rings (SSSR count). The third-order valence-corrected chi connectivity index (χ3v) is 3.22. The van der Waals surface area contributed by atoms with Crippen molar-refractivity contribution in [2.24, 2.45) is 5.92 Å². The van der Waals surface area contributed by atoms with E-state index >= 15 is 0 Å². The van der Waals surface area contributed by atoms with Gasteiger partial charge < -0.3 is 15.0 Å². The van der Waals surface area contributed by atoms with E-state index in [0.717, 1.165) is 13.1 Å². The van der Waals surface area contributed by atoms with Crippen molar-refractivity contribution in [2.45, 2.75) is 25.9 Å². The Morgan fingerprint density at radius 1 is 1.64 bits per heavy atom. The highest BCUT2D eigenvalue weighted by Crippen LogP contribution is 2.23. The van der Waals surface area contributed by atoms with Crippen LogP contribution in [0.15, 0.2) is 0 Å². The zero-order valence-electron chi connectivity index (χ0n) is 8.66. The molecule has 0 bridgehead atoms. The molecule has 4 heteroatoms. The average molecular weight is 198 g/mol. The number of rotatable bonds is 2. The van der Waals surface area contributed by atoms with E-state index in [1.54, 1.807) is 0 Å². The second-order valence-electron chi connectivity index (χ2n) is 4.12. The number of alkyl carbamates (subject to hydrolysis) is 1. The van der Waals surface area contributed by atoms with Gasteiger partial charge in [-0.15, -0.1) is 0 Å². The minimum Gasteiger partial charge on any atom is -0.444 e. The van der Waals surface area contributed by atoms with Crippen LogP contribution in [-0.4, -0.2) is 43.3 Å². The first-order chi connectivity index (χ1) is 6.79. The van der Waals surface area contributed by atoms with E-state index < -0.39 is 0 Å². The Morgan fingerprint density at radius 3 is 3.14 bits per heavy atom. The molecule has 0 aromatic rings. The molecule has 2 saturated heterocycles. The van der Waals surface area contributed by atoms with Crippen molar-refractivity contribution in [3.8, 4) is 0 Å². The summed E-state index contributed by atoms with van der Waals surface area (Å²) in [4.78, 5) is 13.3.